The predicted octanol–water partition coefficient (Wildman–Crippen LogP) is 4.52. The van der Waals surface area contributed by atoms with Crippen LogP contribution in [0.5, 0.6) is 0 Å². The SMILES string of the molecule is COC(c1nc(Cl)cc(C2CCCC2)n1)C(C)(C)C. The van der Waals surface area contributed by atoms with Crippen LogP contribution in [0.15, 0.2) is 6.07 Å². The first kappa shape index (κ1) is 14.7. The first-order valence-electron chi connectivity index (χ1n) is 6.99. The molecule has 1 aliphatic carbocycles. The van der Waals surface area contributed by atoms with E-state index in [-0.39, 0.29) is 11.5 Å². The molecule has 0 aliphatic heterocycles. The largest absolute Gasteiger partial charge is 0.373 e. The molecule has 0 saturated heterocycles. The minimum absolute atomic E-state index is 0.0492. The van der Waals surface area contributed by atoms with E-state index < -0.39 is 0 Å². The second kappa shape index (κ2) is 5.76. The summed E-state index contributed by atoms with van der Waals surface area (Å²) in [5, 5.41) is 0.526. The average Bonchev–Trinajstić information content (AvgIpc) is 2.80. The highest BCUT2D eigenvalue weighted by Gasteiger charge is 2.30. The van der Waals surface area contributed by atoms with Crippen LogP contribution in [-0.4, -0.2) is 17.1 Å². The molecule has 106 valence electrons. The summed E-state index contributed by atoms with van der Waals surface area (Å²) in [5.74, 6) is 1.25. The molecule has 2 rings (SSSR count). The zero-order chi connectivity index (χ0) is 14.0. The third-order valence-corrected chi connectivity index (χ3v) is 3.96. The molecule has 1 unspecified atom stereocenters. The fourth-order valence-corrected chi connectivity index (χ4v) is 3.05. The molecule has 0 N–H and O–H groups in total. The Morgan fingerprint density at radius 3 is 2.42 bits per heavy atom. The zero-order valence-electron chi connectivity index (χ0n) is 12.2. The van der Waals surface area contributed by atoms with E-state index in [9.17, 15) is 0 Å². The van der Waals surface area contributed by atoms with E-state index >= 15 is 0 Å². The predicted molar refractivity (Wildman–Crippen MR) is 77.5 cm³/mol. The van der Waals surface area contributed by atoms with Gasteiger partial charge in [0.05, 0.1) is 0 Å². The molecule has 0 amide bonds. The van der Waals surface area contributed by atoms with Crippen molar-refractivity contribution in [1.29, 1.82) is 0 Å². The molecule has 1 aliphatic rings. The number of halogens is 1. The van der Waals surface area contributed by atoms with E-state index in [0.29, 0.717) is 16.9 Å². The van der Waals surface area contributed by atoms with Gasteiger partial charge in [-0.3, -0.25) is 0 Å². The van der Waals surface area contributed by atoms with Crippen molar-refractivity contribution in [3.8, 4) is 0 Å². The van der Waals surface area contributed by atoms with Crippen LogP contribution in [-0.2, 0) is 4.74 Å². The van der Waals surface area contributed by atoms with Gasteiger partial charge < -0.3 is 4.74 Å². The quantitative estimate of drug-likeness (QED) is 0.765. The van der Waals surface area contributed by atoms with E-state index in [2.05, 4.69) is 25.8 Å². The van der Waals surface area contributed by atoms with Gasteiger partial charge in [0, 0.05) is 18.7 Å². The molecular formula is C15H23ClN2O. The van der Waals surface area contributed by atoms with E-state index in [0.717, 1.165) is 5.69 Å². The molecule has 0 radical (unpaired) electrons. The van der Waals surface area contributed by atoms with Crippen molar-refractivity contribution in [3.05, 3.63) is 22.7 Å². The van der Waals surface area contributed by atoms with Crippen LogP contribution in [0.1, 0.15) is 70.0 Å². The van der Waals surface area contributed by atoms with Crippen molar-refractivity contribution in [1.82, 2.24) is 9.97 Å². The molecule has 0 aromatic carbocycles. The van der Waals surface area contributed by atoms with Gasteiger partial charge in [0.1, 0.15) is 11.3 Å². The van der Waals surface area contributed by atoms with Gasteiger partial charge in [0.25, 0.3) is 0 Å². The molecule has 0 spiro atoms. The van der Waals surface area contributed by atoms with Gasteiger partial charge in [-0.2, -0.15) is 0 Å². The lowest BCUT2D eigenvalue weighted by Gasteiger charge is -2.28. The van der Waals surface area contributed by atoms with Gasteiger partial charge in [-0.25, -0.2) is 9.97 Å². The Morgan fingerprint density at radius 1 is 1.26 bits per heavy atom. The number of rotatable bonds is 3. The Balaban J connectivity index is 2.34. The molecular weight excluding hydrogens is 260 g/mol. The number of aromatic nitrogens is 2. The highest BCUT2D eigenvalue weighted by Crippen LogP contribution is 2.37. The number of methoxy groups -OCH3 is 1. The molecule has 1 atom stereocenters. The summed E-state index contributed by atoms with van der Waals surface area (Å²) in [6.45, 7) is 6.38. The Morgan fingerprint density at radius 2 is 1.89 bits per heavy atom. The Hall–Kier alpha value is -0.670. The molecule has 1 saturated carbocycles. The van der Waals surface area contributed by atoms with Crippen molar-refractivity contribution in [2.45, 2.75) is 58.5 Å². The van der Waals surface area contributed by atoms with Crippen LogP contribution in [0.4, 0.5) is 0 Å². The molecule has 1 aromatic heterocycles. The molecule has 1 heterocycles. The lowest BCUT2D eigenvalue weighted by molar-refractivity contribution is 0.00846. The van der Waals surface area contributed by atoms with Gasteiger partial charge in [-0.15, -0.1) is 0 Å². The summed E-state index contributed by atoms with van der Waals surface area (Å²) in [7, 11) is 1.70. The van der Waals surface area contributed by atoms with E-state index in [1.165, 1.54) is 25.7 Å². The minimum Gasteiger partial charge on any atom is -0.373 e. The first-order chi connectivity index (χ1) is 8.91. The Bertz CT molecular complexity index is 436. The standard InChI is InChI=1S/C15H23ClN2O/c1-15(2,3)13(19-4)14-17-11(9-12(16)18-14)10-7-5-6-8-10/h9-10,13H,5-8H2,1-4H3. The van der Waals surface area contributed by atoms with Gasteiger partial charge in [0.2, 0.25) is 0 Å². The number of hydrogen-bond donors (Lipinski definition) is 0. The van der Waals surface area contributed by atoms with E-state index in [1.807, 2.05) is 6.07 Å². The number of ether oxygens (including phenoxy) is 1. The zero-order valence-corrected chi connectivity index (χ0v) is 13.0. The summed E-state index contributed by atoms with van der Waals surface area (Å²) >= 11 is 6.17. The van der Waals surface area contributed by atoms with Crippen molar-refractivity contribution in [2.75, 3.05) is 7.11 Å². The third-order valence-electron chi connectivity index (χ3n) is 3.76. The lowest BCUT2D eigenvalue weighted by Crippen LogP contribution is -2.23. The van der Waals surface area contributed by atoms with Crippen molar-refractivity contribution in [2.24, 2.45) is 5.41 Å². The molecule has 19 heavy (non-hydrogen) atoms. The van der Waals surface area contributed by atoms with Crippen molar-refractivity contribution in [3.63, 3.8) is 0 Å². The normalized spacial score (nSPS) is 18.8. The topological polar surface area (TPSA) is 35.0 Å². The lowest BCUT2D eigenvalue weighted by atomic mass is 9.88. The van der Waals surface area contributed by atoms with Gasteiger partial charge in [-0.1, -0.05) is 45.2 Å². The van der Waals surface area contributed by atoms with Gasteiger partial charge in [0.15, 0.2) is 5.82 Å². The fraction of sp³-hybridized carbons (Fsp3) is 0.733. The summed E-state index contributed by atoms with van der Waals surface area (Å²) in [6, 6.07) is 1.91. The fourth-order valence-electron chi connectivity index (χ4n) is 2.85. The van der Waals surface area contributed by atoms with E-state index in [1.54, 1.807) is 7.11 Å². The second-order valence-corrected chi connectivity index (χ2v) is 6.82. The Kier molecular flexibility index (Phi) is 4.46. The van der Waals surface area contributed by atoms with Crippen LogP contribution in [0, 0.1) is 5.41 Å². The highest BCUT2D eigenvalue weighted by molar-refractivity contribution is 6.29. The minimum atomic E-state index is -0.133. The highest BCUT2D eigenvalue weighted by atomic mass is 35.5. The van der Waals surface area contributed by atoms with Crippen LogP contribution < -0.4 is 0 Å². The molecule has 3 nitrogen and oxygen atoms in total. The second-order valence-electron chi connectivity index (χ2n) is 6.44. The smallest absolute Gasteiger partial charge is 0.159 e. The summed E-state index contributed by atoms with van der Waals surface area (Å²) < 4.78 is 5.59. The molecule has 1 fully saturated rings. The van der Waals surface area contributed by atoms with Gasteiger partial charge >= 0.3 is 0 Å². The van der Waals surface area contributed by atoms with Gasteiger partial charge in [-0.05, 0) is 24.3 Å². The van der Waals surface area contributed by atoms with E-state index in [4.69, 9.17) is 21.3 Å². The Labute approximate surface area is 120 Å². The van der Waals surface area contributed by atoms with Crippen LogP contribution in [0.2, 0.25) is 5.15 Å². The monoisotopic (exact) mass is 282 g/mol. The van der Waals surface area contributed by atoms with Crippen LogP contribution in [0.25, 0.3) is 0 Å². The number of nitrogens with zero attached hydrogens (tertiary/aromatic N) is 2. The number of hydrogen-bond acceptors (Lipinski definition) is 3. The summed E-state index contributed by atoms with van der Waals surface area (Å²) in [4.78, 5) is 9.10. The average molecular weight is 283 g/mol. The maximum atomic E-state index is 6.17. The molecule has 0 bridgehead atoms. The van der Waals surface area contributed by atoms with Crippen molar-refractivity contribution < 1.29 is 4.74 Å². The maximum Gasteiger partial charge on any atom is 0.159 e. The molecule has 1 aromatic rings. The third kappa shape index (κ3) is 3.46. The van der Waals surface area contributed by atoms with Crippen molar-refractivity contribution >= 4 is 11.6 Å². The van der Waals surface area contributed by atoms with Crippen LogP contribution >= 0.6 is 11.6 Å². The summed E-state index contributed by atoms with van der Waals surface area (Å²) in [6.07, 6.45) is 4.86. The molecule has 4 heteroatoms. The first-order valence-corrected chi connectivity index (χ1v) is 7.37. The maximum absolute atomic E-state index is 6.17. The summed E-state index contributed by atoms with van der Waals surface area (Å²) in [5.41, 5.74) is 1.03. The van der Waals surface area contributed by atoms with Crippen LogP contribution in [0.3, 0.4) is 0 Å².